The third kappa shape index (κ3) is 5.56. The summed E-state index contributed by atoms with van der Waals surface area (Å²) < 4.78 is 7.96. The van der Waals surface area contributed by atoms with Gasteiger partial charge in [-0.25, -0.2) is 9.97 Å². The quantitative estimate of drug-likeness (QED) is 0.307. The van der Waals surface area contributed by atoms with Crippen LogP contribution in [0.2, 0.25) is 10.0 Å². The molecule has 43 heavy (non-hydrogen) atoms. The summed E-state index contributed by atoms with van der Waals surface area (Å²) in [6.07, 6.45) is 0.841. The van der Waals surface area contributed by atoms with Crippen LogP contribution < -0.4 is 5.32 Å². The molecule has 0 spiro atoms. The van der Waals surface area contributed by atoms with Crippen LogP contribution in [-0.4, -0.2) is 74.8 Å². The minimum Gasteiger partial charge on any atom is -0.439 e. The molecule has 0 aliphatic carbocycles. The Hall–Kier alpha value is -3.70. The Labute approximate surface area is 260 Å². The SMILES string of the molecule is CCN(C)CC(=O)N1Cc2nc(-c3cccc(-c4cccc(NC(=O)c5nc6c(n5C)CCN(C)C6)c4Cl)c3Cl)oc2C1. The predicted octanol–water partition coefficient (Wildman–Crippen LogP) is 5.08. The summed E-state index contributed by atoms with van der Waals surface area (Å²) in [5.41, 5.74) is 5.13. The molecule has 10 nitrogen and oxygen atoms in total. The molecule has 2 aromatic carbocycles. The van der Waals surface area contributed by atoms with Crippen molar-refractivity contribution in [1.82, 2.24) is 29.2 Å². The molecule has 224 valence electrons. The van der Waals surface area contributed by atoms with Gasteiger partial charge in [0.25, 0.3) is 5.91 Å². The lowest BCUT2D eigenvalue weighted by atomic mass is 10.0. The van der Waals surface area contributed by atoms with Crippen molar-refractivity contribution in [2.75, 3.05) is 39.0 Å². The van der Waals surface area contributed by atoms with Crippen LogP contribution in [0, 0.1) is 0 Å². The minimum absolute atomic E-state index is 0.0378. The summed E-state index contributed by atoms with van der Waals surface area (Å²) in [5, 5.41) is 3.72. The van der Waals surface area contributed by atoms with E-state index in [9.17, 15) is 9.59 Å². The summed E-state index contributed by atoms with van der Waals surface area (Å²) in [6.45, 7) is 5.56. The Bertz CT molecular complexity index is 1710. The monoisotopic (exact) mass is 621 g/mol. The van der Waals surface area contributed by atoms with E-state index >= 15 is 0 Å². The van der Waals surface area contributed by atoms with E-state index < -0.39 is 0 Å². The van der Waals surface area contributed by atoms with E-state index in [1.54, 1.807) is 11.0 Å². The highest BCUT2D eigenvalue weighted by Gasteiger charge is 2.30. The zero-order valence-electron chi connectivity index (χ0n) is 24.6. The summed E-state index contributed by atoms with van der Waals surface area (Å²) in [4.78, 5) is 41.1. The average Bonchev–Trinajstić information content (AvgIpc) is 3.66. The number of carbonyl (C=O) groups excluding carboxylic acids is 2. The van der Waals surface area contributed by atoms with Crippen molar-refractivity contribution in [3.05, 3.63) is 75.1 Å². The predicted molar refractivity (Wildman–Crippen MR) is 166 cm³/mol. The number of hydrogen-bond acceptors (Lipinski definition) is 7. The summed E-state index contributed by atoms with van der Waals surface area (Å²) >= 11 is 13.8. The molecule has 12 heteroatoms. The first kappa shape index (κ1) is 29.4. The molecule has 0 saturated heterocycles. The normalized spacial score (nSPS) is 14.7. The molecule has 0 saturated carbocycles. The van der Waals surface area contributed by atoms with Crippen molar-refractivity contribution in [1.29, 1.82) is 0 Å². The highest BCUT2D eigenvalue weighted by Crippen LogP contribution is 2.42. The van der Waals surface area contributed by atoms with E-state index in [1.807, 2.05) is 67.9 Å². The zero-order valence-corrected chi connectivity index (χ0v) is 26.1. The van der Waals surface area contributed by atoms with Gasteiger partial charge in [0.05, 0.1) is 46.6 Å². The van der Waals surface area contributed by atoms with Crippen LogP contribution in [-0.2, 0) is 37.9 Å². The molecule has 4 aromatic rings. The molecule has 0 unspecified atom stereocenters. The van der Waals surface area contributed by atoms with E-state index in [0.29, 0.717) is 76.1 Å². The number of nitrogens with one attached hydrogen (secondary N) is 1. The van der Waals surface area contributed by atoms with Crippen molar-refractivity contribution in [2.45, 2.75) is 33.0 Å². The Kier molecular flexibility index (Phi) is 8.04. The second-order valence-electron chi connectivity index (χ2n) is 11.1. The number of nitrogens with zero attached hydrogens (tertiary/aromatic N) is 6. The Morgan fingerprint density at radius 3 is 2.44 bits per heavy atom. The van der Waals surface area contributed by atoms with E-state index in [1.165, 1.54) is 0 Å². The van der Waals surface area contributed by atoms with Crippen LogP contribution in [0.1, 0.15) is 40.4 Å². The molecule has 0 radical (unpaired) electrons. The number of hydrogen-bond donors (Lipinski definition) is 1. The smallest absolute Gasteiger partial charge is 0.291 e. The lowest BCUT2D eigenvalue weighted by Crippen LogP contribution is -2.35. The second kappa shape index (κ2) is 11.8. The van der Waals surface area contributed by atoms with Gasteiger partial charge in [0.1, 0.15) is 11.5 Å². The third-order valence-corrected chi connectivity index (χ3v) is 8.98. The fourth-order valence-electron chi connectivity index (χ4n) is 5.56. The van der Waals surface area contributed by atoms with Crippen LogP contribution >= 0.6 is 23.2 Å². The number of oxazole rings is 1. The largest absolute Gasteiger partial charge is 0.439 e. The van der Waals surface area contributed by atoms with Crippen molar-refractivity contribution < 1.29 is 14.0 Å². The number of halogens is 2. The Morgan fingerprint density at radius 2 is 1.70 bits per heavy atom. The van der Waals surface area contributed by atoms with E-state index in [-0.39, 0.29) is 11.8 Å². The summed E-state index contributed by atoms with van der Waals surface area (Å²) in [6, 6.07) is 11.0. The highest BCUT2D eigenvalue weighted by molar-refractivity contribution is 6.39. The fraction of sp³-hybridized carbons (Fsp3) is 0.355. The number of benzene rings is 2. The maximum absolute atomic E-state index is 13.3. The average molecular weight is 623 g/mol. The fourth-order valence-corrected chi connectivity index (χ4v) is 6.14. The van der Waals surface area contributed by atoms with Gasteiger partial charge in [-0.15, -0.1) is 0 Å². The van der Waals surface area contributed by atoms with Gasteiger partial charge >= 0.3 is 0 Å². The van der Waals surface area contributed by atoms with Crippen molar-refractivity contribution in [3.8, 4) is 22.6 Å². The third-order valence-electron chi connectivity index (χ3n) is 8.17. The first-order valence-corrected chi connectivity index (χ1v) is 15.0. The van der Waals surface area contributed by atoms with Gasteiger partial charge in [-0.05, 0) is 32.8 Å². The van der Waals surface area contributed by atoms with Crippen LogP contribution in [0.25, 0.3) is 22.6 Å². The first-order valence-electron chi connectivity index (χ1n) is 14.2. The number of rotatable bonds is 7. The van der Waals surface area contributed by atoms with Crippen LogP contribution in [0.3, 0.4) is 0 Å². The Balaban J connectivity index is 1.23. The molecule has 1 N–H and O–H groups in total. The molecule has 0 bridgehead atoms. The molecular weight excluding hydrogens is 589 g/mol. The van der Waals surface area contributed by atoms with Gasteiger partial charge in [-0.3, -0.25) is 14.5 Å². The number of anilines is 1. The highest BCUT2D eigenvalue weighted by atomic mass is 35.5. The van der Waals surface area contributed by atoms with Gasteiger partial charge in [0, 0.05) is 43.4 Å². The molecular formula is C31H33Cl2N7O3. The van der Waals surface area contributed by atoms with Gasteiger partial charge < -0.3 is 24.1 Å². The summed E-state index contributed by atoms with van der Waals surface area (Å²) in [5.74, 6) is 1.10. The zero-order chi connectivity index (χ0) is 30.4. The number of fused-ring (bicyclic) bond motifs is 2. The molecule has 6 rings (SSSR count). The van der Waals surface area contributed by atoms with Crippen LogP contribution in [0.15, 0.2) is 40.8 Å². The van der Waals surface area contributed by atoms with Crippen molar-refractivity contribution >= 4 is 40.7 Å². The molecule has 2 aliphatic heterocycles. The maximum Gasteiger partial charge on any atom is 0.291 e. The lowest BCUT2D eigenvalue weighted by molar-refractivity contribution is -0.132. The van der Waals surface area contributed by atoms with Gasteiger partial charge in [0.2, 0.25) is 11.8 Å². The Morgan fingerprint density at radius 1 is 0.977 bits per heavy atom. The van der Waals surface area contributed by atoms with E-state index in [2.05, 4.69) is 20.2 Å². The van der Waals surface area contributed by atoms with Gasteiger partial charge in [-0.1, -0.05) is 54.4 Å². The number of imidazole rings is 1. The van der Waals surface area contributed by atoms with E-state index in [4.69, 9.17) is 27.6 Å². The van der Waals surface area contributed by atoms with Crippen LogP contribution in [0.5, 0.6) is 0 Å². The standard InChI is InChI=1S/C31H33Cl2N7O3/c1-5-37(2)17-26(41)40-15-23-25(16-40)43-31(36-23)20-10-6-8-18(27(20)32)19-9-7-11-21(28(19)33)35-30(42)29-34-22-14-38(3)13-12-24(22)39(29)4/h6-11H,5,12-17H2,1-4H3,(H,35,42). The number of likely N-dealkylation sites (N-methyl/N-ethyl adjacent to an activating group) is 2. The molecule has 2 aliphatic rings. The van der Waals surface area contributed by atoms with Crippen molar-refractivity contribution in [2.24, 2.45) is 7.05 Å². The molecule has 0 atom stereocenters. The number of amides is 2. The topological polar surface area (TPSA) is 99.7 Å². The number of aromatic nitrogens is 3. The van der Waals surface area contributed by atoms with Crippen LogP contribution in [0.4, 0.5) is 5.69 Å². The lowest BCUT2D eigenvalue weighted by Gasteiger charge is -2.21. The van der Waals surface area contributed by atoms with Gasteiger partial charge in [-0.2, -0.15) is 0 Å². The maximum atomic E-state index is 13.3. The second-order valence-corrected chi connectivity index (χ2v) is 11.9. The molecule has 0 fully saturated rings. The molecule has 2 aromatic heterocycles. The minimum atomic E-state index is -0.332. The van der Waals surface area contributed by atoms with Gasteiger partial charge in [0.15, 0.2) is 5.82 Å². The van der Waals surface area contributed by atoms with E-state index in [0.717, 1.165) is 36.6 Å². The first-order chi connectivity index (χ1) is 20.6. The molecule has 4 heterocycles. The summed E-state index contributed by atoms with van der Waals surface area (Å²) in [7, 11) is 5.83. The molecule has 2 amide bonds. The van der Waals surface area contributed by atoms with Crippen molar-refractivity contribution in [3.63, 3.8) is 0 Å². The number of carbonyl (C=O) groups is 2.